The Balaban J connectivity index is 2.06. The van der Waals surface area contributed by atoms with Gasteiger partial charge in [-0.15, -0.1) is 0 Å². The summed E-state index contributed by atoms with van der Waals surface area (Å²) >= 11 is 0. The van der Waals surface area contributed by atoms with E-state index < -0.39 is 0 Å². The van der Waals surface area contributed by atoms with Crippen LogP contribution in [0.3, 0.4) is 0 Å². The van der Waals surface area contributed by atoms with Crippen LogP contribution in [0.4, 0.5) is 0 Å². The number of hydrogen-bond acceptors (Lipinski definition) is 2. The molecule has 0 spiro atoms. The average Bonchev–Trinajstić information content (AvgIpc) is 3.11. The molecule has 2 heteroatoms. The van der Waals surface area contributed by atoms with Gasteiger partial charge >= 0.3 is 0 Å². The molecular weight excluding hydrogens is 236 g/mol. The molecule has 0 aromatic heterocycles. The minimum absolute atomic E-state index is 0.458. The van der Waals surface area contributed by atoms with Crippen LogP contribution in [0.2, 0.25) is 0 Å². The van der Waals surface area contributed by atoms with E-state index in [1.807, 2.05) is 0 Å². The highest BCUT2D eigenvalue weighted by molar-refractivity contribution is 5.37. The third kappa shape index (κ3) is 3.73. The van der Waals surface area contributed by atoms with Gasteiger partial charge < -0.3 is 9.47 Å². The second kappa shape index (κ2) is 6.42. The van der Waals surface area contributed by atoms with Crippen molar-refractivity contribution in [3.8, 4) is 5.75 Å². The number of aryl methyl sites for hydroxylation is 1. The Labute approximate surface area is 117 Å². The molecule has 2 nitrogen and oxygen atoms in total. The van der Waals surface area contributed by atoms with E-state index in [2.05, 4.69) is 45.9 Å². The van der Waals surface area contributed by atoms with Crippen molar-refractivity contribution in [2.45, 2.75) is 65.1 Å². The number of epoxide rings is 1. The van der Waals surface area contributed by atoms with Crippen molar-refractivity contribution in [1.82, 2.24) is 0 Å². The third-order valence-electron chi connectivity index (χ3n) is 3.92. The maximum absolute atomic E-state index is 5.72. The summed E-state index contributed by atoms with van der Waals surface area (Å²) in [5, 5.41) is 0. The van der Waals surface area contributed by atoms with Crippen molar-refractivity contribution in [2.24, 2.45) is 0 Å². The van der Waals surface area contributed by atoms with Crippen LogP contribution in [0.1, 0.15) is 57.6 Å². The molecule has 1 aromatic carbocycles. The number of ether oxygens (including phenoxy) is 2. The van der Waals surface area contributed by atoms with Gasteiger partial charge in [0.1, 0.15) is 5.75 Å². The lowest BCUT2D eigenvalue weighted by atomic mass is 9.90. The summed E-state index contributed by atoms with van der Waals surface area (Å²) < 4.78 is 11.3. The first-order valence-corrected chi connectivity index (χ1v) is 7.56. The zero-order valence-electron chi connectivity index (χ0n) is 12.6. The average molecular weight is 262 g/mol. The van der Waals surface area contributed by atoms with E-state index in [1.165, 1.54) is 11.1 Å². The van der Waals surface area contributed by atoms with Crippen molar-refractivity contribution >= 4 is 0 Å². The van der Waals surface area contributed by atoms with Crippen molar-refractivity contribution in [3.63, 3.8) is 0 Å². The van der Waals surface area contributed by atoms with Crippen LogP contribution in [0.15, 0.2) is 18.2 Å². The first-order chi connectivity index (χ1) is 9.15. The molecule has 0 N–H and O–H groups in total. The summed E-state index contributed by atoms with van der Waals surface area (Å²) in [5.41, 5.74) is 2.86. The Morgan fingerprint density at radius 1 is 1.32 bits per heavy atom. The van der Waals surface area contributed by atoms with Crippen LogP contribution in [-0.2, 0) is 11.2 Å². The van der Waals surface area contributed by atoms with Gasteiger partial charge in [0.15, 0.2) is 0 Å². The largest absolute Gasteiger partial charge is 0.494 e. The van der Waals surface area contributed by atoms with Gasteiger partial charge in [-0.2, -0.15) is 0 Å². The maximum Gasteiger partial charge on any atom is 0.119 e. The summed E-state index contributed by atoms with van der Waals surface area (Å²) in [6.07, 6.45) is 4.17. The normalized spacial score (nSPS) is 23.2. The predicted molar refractivity (Wildman–Crippen MR) is 79.0 cm³/mol. The summed E-state index contributed by atoms with van der Waals surface area (Å²) in [4.78, 5) is 0. The van der Waals surface area contributed by atoms with Gasteiger partial charge in [-0.25, -0.2) is 0 Å². The molecule has 3 atom stereocenters. The smallest absolute Gasteiger partial charge is 0.119 e. The van der Waals surface area contributed by atoms with E-state index >= 15 is 0 Å². The van der Waals surface area contributed by atoms with Gasteiger partial charge in [0.05, 0.1) is 18.8 Å². The number of hydrogen-bond donors (Lipinski definition) is 0. The molecule has 1 heterocycles. The Morgan fingerprint density at radius 3 is 2.63 bits per heavy atom. The molecule has 19 heavy (non-hydrogen) atoms. The zero-order valence-corrected chi connectivity index (χ0v) is 12.6. The van der Waals surface area contributed by atoms with Crippen LogP contribution in [-0.4, -0.2) is 18.8 Å². The van der Waals surface area contributed by atoms with E-state index in [-0.39, 0.29) is 0 Å². The minimum atomic E-state index is 0.458. The Bertz CT molecular complexity index is 414. The fraction of sp³-hybridized carbons (Fsp3) is 0.647. The molecule has 0 radical (unpaired) electrons. The van der Waals surface area contributed by atoms with Crippen molar-refractivity contribution in [1.29, 1.82) is 0 Å². The third-order valence-corrected chi connectivity index (χ3v) is 3.92. The molecule has 0 saturated carbocycles. The number of benzene rings is 1. The lowest BCUT2D eigenvalue weighted by Crippen LogP contribution is -2.04. The van der Waals surface area contributed by atoms with Gasteiger partial charge in [0, 0.05) is 0 Å². The fourth-order valence-electron chi connectivity index (χ4n) is 2.63. The summed E-state index contributed by atoms with van der Waals surface area (Å²) in [6, 6.07) is 6.55. The lowest BCUT2D eigenvalue weighted by molar-refractivity contribution is 0.317. The highest BCUT2D eigenvalue weighted by Crippen LogP contribution is 2.34. The van der Waals surface area contributed by atoms with Gasteiger partial charge in [-0.05, 0) is 55.4 Å². The first kappa shape index (κ1) is 14.4. The van der Waals surface area contributed by atoms with Crippen molar-refractivity contribution in [2.75, 3.05) is 6.61 Å². The molecule has 1 aliphatic heterocycles. The number of rotatable bonds is 7. The summed E-state index contributed by atoms with van der Waals surface area (Å²) in [5.74, 6) is 1.57. The van der Waals surface area contributed by atoms with E-state index in [4.69, 9.17) is 9.47 Å². The van der Waals surface area contributed by atoms with Crippen LogP contribution >= 0.6 is 0 Å². The molecule has 1 fully saturated rings. The van der Waals surface area contributed by atoms with Crippen molar-refractivity contribution in [3.05, 3.63) is 29.3 Å². The van der Waals surface area contributed by atoms with Gasteiger partial charge in [0.25, 0.3) is 0 Å². The van der Waals surface area contributed by atoms with Gasteiger partial charge in [-0.3, -0.25) is 0 Å². The standard InChI is InChI=1S/C17H26O2/c1-5-9-18-15-7-8-16(14(6-2)11-15)12(3)10-17-13(4)19-17/h7-8,11-13,17H,5-6,9-10H2,1-4H3. The minimum Gasteiger partial charge on any atom is -0.494 e. The van der Waals surface area contributed by atoms with E-state index in [1.54, 1.807) is 0 Å². The second-order valence-corrected chi connectivity index (χ2v) is 5.58. The molecule has 1 aromatic rings. The Hall–Kier alpha value is -1.02. The zero-order chi connectivity index (χ0) is 13.8. The first-order valence-electron chi connectivity index (χ1n) is 7.56. The molecule has 106 valence electrons. The molecule has 0 amide bonds. The lowest BCUT2D eigenvalue weighted by Gasteiger charge is -2.16. The maximum atomic E-state index is 5.72. The molecule has 0 bridgehead atoms. The molecule has 1 saturated heterocycles. The van der Waals surface area contributed by atoms with Crippen LogP contribution in [0.5, 0.6) is 5.75 Å². The highest BCUT2D eigenvalue weighted by Gasteiger charge is 2.35. The summed E-state index contributed by atoms with van der Waals surface area (Å²) in [7, 11) is 0. The topological polar surface area (TPSA) is 21.8 Å². The predicted octanol–water partition coefficient (Wildman–Crippen LogP) is 4.32. The summed E-state index contributed by atoms with van der Waals surface area (Å²) in [6.45, 7) is 9.60. The Kier molecular flexibility index (Phi) is 4.87. The van der Waals surface area contributed by atoms with E-state index in [0.29, 0.717) is 18.1 Å². The van der Waals surface area contributed by atoms with E-state index in [9.17, 15) is 0 Å². The van der Waals surface area contributed by atoms with Gasteiger partial charge in [0.2, 0.25) is 0 Å². The SMILES string of the molecule is CCCOc1ccc(C(C)CC2OC2C)c(CC)c1. The molecular formula is C17H26O2. The van der Waals surface area contributed by atoms with Crippen LogP contribution in [0.25, 0.3) is 0 Å². The second-order valence-electron chi connectivity index (χ2n) is 5.58. The van der Waals surface area contributed by atoms with Crippen LogP contribution < -0.4 is 4.74 Å². The van der Waals surface area contributed by atoms with Crippen molar-refractivity contribution < 1.29 is 9.47 Å². The molecule has 0 aliphatic carbocycles. The van der Waals surface area contributed by atoms with Gasteiger partial charge in [-0.1, -0.05) is 26.8 Å². The Morgan fingerprint density at radius 2 is 2.05 bits per heavy atom. The quantitative estimate of drug-likeness (QED) is 0.683. The van der Waals surface area contributed by atoms with E-state index in [0.717, 1.165) is 31.6 Å². The fourth-order valence-corrected chi connectivity index (χ4v) is 2.63. The highest BCUT2D eigenvalue weighted by atomic mass is 16.6. The molecule has 1 aliphatic rings. The monoisotopic (exact) mass is 262 g/mol. The molecule has 2 rings (SSSR count). The van der Waals surface area contributed by atoms with Crippen LogP contribution in [0, 0.1) is 0 Å². The molecule has 3 unspecified atom stereocenters.